The van der Waals surface area contributed by atoms with Crippen LogP contribution in [0.2, 0.25) is 0 Å². The summed E-state index contributed by atoms with van der Waals surface area (Å²) in [5.74, 6) is -0.177. The van der Waals surface area contributed by atoms with Crippen LogP contribution in [0.15, 0.2) is 0 Å². The molecule has 1 atom stereocenters. The third-order valence-corrected chi connectivity index (χ3v) is 2.39. The lowest BCUT2D eigenvalue weighted by Gasteiger charge is -2.22. The monoisotopic (exact) mass is 273 g/mol. The highest BCUT2D eigenvalue weighted by molar-refractivity contribution is 5.82. The van der Waals surface area contributed by atoms with Gasteiger partial charge in [0.1, 0.15) is 6.04 Å². The van der Waals surface area contributed by atoms with E-state index in [1.54, 1.807) is 19.0 Å². The first-order chi connectivity index (χ1) is 8.73. The predicted octanol–water partition coefficient (Wildman–Crippen LogP) is 1.71. The summed E-state index contributed by atoms with van der Waals surface area (Å²) in [6.45, 7) is 8.61. The lowest BCUT2D eigenvalue weighted by molar-refractivity contribution is -0.156. The molecule has 0 amide bonds. The maximum absolute atomic E-state index is 11.9. The van der Waals surface area contributed by atoms with E-state index in [0.717, 1.165) is 0 Å². The molecular formula is C14H27NO4. The van der Waals surface area contributed by atoms with Gasteiger partial charge in [-0.1, -0.05) is 27.7 Å². The topological polar surface area (TPSA) is 55.8 Å². The van der Waals surface area contributed by atoms with Crippen LogP contribution < -0.4 is 0 Å². The van der Waals surface area contributed by atoms with E-state index >= 15 is 0 Å². The van der Waals surface area contributed by atoms with Gasteiger partial charge in [-0.2, -0.15) is 0 Å². The second-order valence-electron chi connectivity index (χ2n) is 5.78. The number of rotatable bonds is 8. The van der Waals surface area contributed by atoms with Gasteiger partial charge in [-0.25, -0.2) is 0 Å². The molecule has 0 rings (SSSR count). The minimum absolute atomic E-state index is 0.0245. The van der Waals surface area contributed by atoms with Crippen LogP contribution in [0.4, 0.5) is 0 Å². The van der Waals surface area contributed by atoms with Crippen molar-refractivity contribution in [2.24, 2.45) is 11.8 Å². The van der Waals surface area contributed by atoms with Crippen LogP contribution in [-0.2, 0) is 19.1 Å². The molecule has 0 aromatic rings. The molecule has 0 heterocycles. The van der Waals surface area contributed by atoms with Crippen LogP contribution in [0.1, 0.15) is 34.1 Å². The first-order valence-corrected chi connectivity index (χ1v) is 6.72. The van der Waals surface area contributed by atoms with Crippen LogP contribution in [0.25, 0.3) is 0 Å². The van der Waals surface area contributed by atoms with E-state index in [4.69, 9.17) is 9.47 Å². The summed E-state index contributed by atoms with van der Waals surface area (Å²) in [4.78, 5) is 25.2. The molecule has 0 radical (unpaired) electrons. The summed E-state index contributed by atoms with van der Waals surface area (Å²) in [5, 5.41) is 0. The van der Waals surface area contributed by atoms with Gasteiger partial charge >= 0.3 is 11.9 Å². The summed E-state index contributed by atoms with van der Waals surface area (Å²) in [6.07, 6.45) is 0.0245. The van der Waals surface area contributed by atoms with E-state index in [0.29, 0.717) is 13.2 Å². The van der Waals surface area contributed by atoms with Gasteiger partial charge in [0.15, 0.2) is 0 Å². The average molecular weight is 273 g/mol. The fraction of sp³-hybridized carbons (Fsp3) is 0.857. The lowest BCUT2D eigenvalue weighted by Crippen LogP contribution is -2.39. The minimum atomic E-state index is -0.585. The molecule has 5 heteroatoms. The molecule has 0 saturated carbocycles. The molecule has 0 saturated heterocycles. The van der Waals surface area contributed by atoms with Crippen molar-refractivity contribution in [3.8, 4) is 0 Å². The van der Waals surface area contributed by atoms with Crippen molar-refractivity contribution < 1.29 is 19.1 Å². The molecule has 0 aliphatic heterocycles. The molecule has 0 N–H and O–H groups in total. The van der Waals surface area contributed by atoms with Crippen molar-refractivity contribution in [2.75, 3.05) is 27.3 Å². The van der Waals surface area contributed by atoms with Gasteiger partial charge in [0.25, 0.3) is 0 Å². The molecule has 0 fully saturated rings. The van der Waals surface area contributed by atoms with Crippen LogP contribution in [0.5, 0.6) is 0 Å². The third kappa shape index (κ3) is 8.59. The lowest BCUT2D eigenvalue weighted by atomic mass is 10.2. The van der Waals surface area contributed by atoms with Gasteiger partial charge in [-0.15, -0.1) is 0 Å². The summed E-state index contributed by atoms with van der Waals surface area (Å²) < 4.78 is 10.3. The van der Waals surface area contributed by atoms with Crippen molar-refractivity contribution in [3.05, 3.63) is 0 Å². The number of carbonyl (C=O) groups is 2. The largest absolute Gasteiger partial charge is 0.465 e. The summed E-state index contributed by atoms with van der Waals surface area (Å²) in [7, 11) is 3.49. The van der Waals surface area contributed by atoms with Gasteiger partial charge in [0, 0.05) is 0 Å². The standard InChI is InChI=1S/C14H27NO4/c1-10(2)8-18-13(16)7-12(15(5)6)14(17)19-9-11(3)4/h10-12H,7-9H2,1-6H3. The molecule has 5 nitrogen and oxygen atoms in total. The minimum Gasteiger partial charge on any atom is -0.465 e. The molecule has 19 heavy (non-hydrogen) atoms. The Bertz CT molecular complexity index is 287. The van der Waals surface area contributed by atoms with Crippen LogP contribution >= 0.6 is 0 Å². The maximum atomic E-state index is 11.9. The molecule has 0 aromatic carbocycles. The second-order valence-corrected chi connectivity index (χ2v) is 5.78. The third-order valence-electron chi connectivity index (χ3n) is 2.39. The smallest absolute Gasteiger partial charge is 0.323 e. The molecular weight excluding hydrogens is 246 g/mol. The van der Waals surface area contributed by atoms with Crippen LogP contribution in [0, 0.1) is 11.8 Å². The zero-order valence-electron chi connectivity index (χ0n) is 12.9. The number of ether oxygens (including phenoxy) is 2. The number of hydrogen-bond donors (Lipinski definition) is 0. The molecule has 0 aromatic heterocycles. The number of nitrogens with zero attached hydrogens (tertiary/aromatic N) is 1. The van der Waals surface area contributed by atoms with Gasteiger partial charge in [-0.05, 0) is 25.9 Å². The zero-order valence-corrected chi connectivity index (χ0v) is 12.9. The zero-order chi connectivity index (χ0) is 15.0. The fourth-order valence-electron chi connectivity index (χ4n) is 1.30. The van der Waals surface area contributed by atoms with E-state index in [1.165, 1.54) is 0 Å². The van der Waals surface area contributed by atoms with E-state index in [-0.39, 0.29) is 30.2 Å². The van der Waals surface area contributed by atoms with Crippen LogP contribution in [-0.4, -0.2) is 50.2 Å². The van der Waals surface area contributed by atoms with Gasteiger partial charge in [0.05, 0.1) is 19.6 Å². The summed E-state index contributed by atoms with van der Waals surface area (Å²) in [5.41, 5.74) is 0. The first kappa shape index (κ1) is 17.9. The molecule has 0 aliphatic carbocycles. The Morgan fingerprint density at radius 2 is 1.42 bits per heavy atom. The van der Waals surface area contributed by atoms with Gasteiger partial charge in [0.2, 0.25) is 0 Å². The SMILES string of the molecule is CC(C)COC(=O)CC(C(=O)OCC(C)C)N(C)C. The Labute approximate surface area is 116 Å². The van der Waals surface area contributed by atoms with Crippen molar-refractivity contribution in [3.63, 3.8) is 0 Å². The Morgan fingerprint density at radius 1 is 0.947 bits per heavy atom. The quantitative estimate of drug-likeness (QED) is 0.630. The van der Waals surface area contributed by atoms with Crippen LogP contribution in [0.3, 0.4) is 0 Å². The Balaban J connectivity index is 4.32. The van der Waals surface area contributed by atoms with E-state index in [9.17, 15) is 9.59 Å². The highest BCUT2D eigenvalue weighted by atomic mass is 16.5. The number of hydrogen-bond acceptors (Lipinski definition) is 5. The molecule has 0 spiro atoms. The fourth-order valence-corrected chi connectivity index (χ4v) is 1.30. The Kier molecular flexibility index (Phi) is 8.39. The number of likely N-dealkylation sites (N-methyl/N-ethyl adjacent to an activating group) is 1. The second kappa shape index (κ2) is 8.91. The summed E-state index contributed by atoms with van der Waals surface area (Å²) in [6, 6.07) is -0.585. The first-order valence-electron chi connectivity index (χ1n) is 6.72. The number of esters is 2. The molecule has 1 unspecified atom stereocenters. The highest BCUT2D eigenvalue weighted by Crippen LogP contribution is 2.07. The van der Waals surface area contributed by atoms with E-state index in [1.807, 2.05) is 27.7 Å². The van der Waals surface area contributed by atoms with E-state index < -0.39 is 6.04 Å². The average Bonchev–Trinajstić information content (AvgIpc) is 2.29. The van der Waals surface area contributed by atoms with E-state index in [2.05, 4.69) is 0 Å². The van der Waals surface area contributed by atoms with Crippen molar-refractivity contribution in [1.29, 1.82) is 0 Å². The maximum Gasteiger partial charge on any atom is 0.323 e. The summed E-state index contributed by atoms with van der Waals surface area (Å²) >= 11 is 0. The normalized spacial score (nSPS) is 12.9. The Hall–Kier alpha value is -1.10. The molecule has 0 aliphatic rings. The van der Waals surface area contributed by atoms with Gasteiger partial charge < -0.3 is 9.47 Å². The van der Waals surface area contributed by atoms with Crippen molar-refractivity contribution >= 4 is 11.9 Å². The van der Waals surface area contributed by atoms with Gasteiger partial charge in [-0.3, -0.25) is 14.5 Å². The molecule has 112 valence electrons. The number of carbonyl (C=O) groups excluding carboxylic acids is 2. The van der Waals surface area contributed by atoms with Crippen molar-refractivity contribution in [2.45, 2.75) is 40.2 Å². The highest BCUT2D eigenvalue weighted by Gasteiger charge is 2.26. The predicted molar refractivity (Wildman–Crippen MR) is 73.7 cm³/mol. The molecule has 0 bridgehead atoms. The van der Waals surface area contributed by atoms with Crippen molar-refractivity contribution in [1.82, 2.24) is 4.90 Å². The Morgan fingerprint density at radius 3 is 1.84 bits per heavy atom.